The van der Waals surface area contributed by atoms with E-state index in [1.807, 2.05) is 0 Å². The number of hydrogen-bond acceptors (Lipinski definition) is 16. The number of nitrogens with one attached hydrogen (secondary N) is 7. The third kappa shape index (κ3) is 27.5. The molecule has 0 aromatic carbocycles. The Kier molecular flexibility index (Phi) is 36.1. The summed E-state index contributed by atoms with van der Waals surface area (Å²) in [5.41, 5.74) is 0. The van der Waals surface area contributed by atoms with Crippen molar-refractivity contribution in [3.05, 3.63) is 0 Å². The Morgan fingerprint density at radius 2 is 0.469 bits per heavy atom. The largest absolute Gasteiger partial charge is 0.379 e. The zero-order chi connectivity index (χ0) is 56.0. The Balaban J connectivity index is 0.000000136. The van der Waals surface area contributed by atoms with Crippen LogP contribution in [0, 0.1) is 0 Å². The highest BCUT2D eigenvalue weighted by molar-refractivity contribution is 4.85. The molecule has 0 aliphatic carbocycles. The van der Waals surface area contributed by atoms with E-state index in [1.54, 1.807) is 0 Å². The molecular weight excluding hydrogens is 1010 g/mol. The molecule has 474 valence electrons. The third-order valence-electron chi connectivity index (χ3n) is 20.6. The lowest BCUT2D eigenvalue weighted by Gasteiger charge is -2.37. The highest BCUT2D eigenvalue weighted by Gasteiger charge is 2.28. The summed E-state index contributed by atoms with van der Waals surface area (Å²) in [6.07, 6.45) is 36.0. The van der Waals surface area contributed by atoms with Gasteiger partial charge in [0.05, 0.1) is 26.4 Å². The first-order chi connectivity index (χ1) is 40.1. The molecule has 16 nitrogen and oxygen atoms in total. The lowest BCUT2D eigenvalue weighted by molar-refractivity contribution is 0.0101. The van der Waals surface area contributed by atoms with Crippen LogP contribution in [0.25, 0.3) is 0 Å². The molecule has 7 N–H and O–H groups in total. The molecule has 0 bridgehead atoms. The van der Waals surface area contributed by atoms with Gasteiger partial charge in [0.25, 0.3) is 0 Å². The van der Waals surface area contributed by atoms with Gasteiger partial charge in [-0.2, -0.15) is 0 Å². The first-order valence-electron chi connectivity index (χ1n) is 35.3. The third-order valence-corrected chi connectivity index (χ3v) is 20.6. The van der Waals surface area contributed by atoms with Gasteiger partial charge in [-0.05, 0) is 319 Å². The highest BCUT2D eigenvalue weighted by atomic mass is 16.5. The molecule has 13 rings (SSSR count). The Morgan fingerprint density at radius 3 is 0.753 bits per heavy atom. The van der Waals surface area contributed by atoms with Crippen molar-refractivity contribution in [3.63, 3.8) is 0 Å². The predicted octanol–water partition coefficient (Wildman–Crippen LogP) is 5.34. The van der Waals surface area contributed by atoms with Crippen molar-refractivity contribution in [3.8, 4) is 0 Å². The maximum Gasteiger partial charge on any atom is 0.0594 e. The molecule has 0 saturated carbocycles. The van der Waals surface area contributed by atoms with Crippen LogP contribution in [-0.4, -0.2) is 287 Å². The number of nitrogens with zero attached hydrogens (tertiary/aromatic N) is 7. The normalized spacial score (nSPS) is 31.0. The van der Waals surface area contributed by atoms with Gasteiger partial charge in [-0.1, -0.05) is 6.42 Å². The minimum atomic E-state index is 0.815. The van der Waals surface area contributed by atoms with Gasteiger partial charge in [0, 0.05) is 68.5 Å². The smallest absolute Gasteiger partial charge is 0.0594 e. The van der Waals surface area contributed by atoms with Gasteiger partial charge in [0.1, 0.15) is 0 Å². The van der Waals surface area contributed by atoms with Crippen molar-refractivity contribution in [2.24, 2.45) is 0 Å². The second kappa shape index (κ2) is 43.1. The van der Waals surface area contributed by atoms with Gasteiger partial charge >= 0.3 is 0 Å². The van der Waals surface area contributed by atoms with Gasteiger partial charge in [0.2, 0.25) is 0 Å². The number of ether oxygens (including phenoxy) is 2. The minimum Gasteiger partial charge on any atom is -0.379 e. The van der Waals surface area contributed by atoms with E-state index < -0.39 is 0 Å². The van der Waals surface area contributed by atoms with Crippen LogP contribution < -0.4 is 37.2 Å². The van der Waals surface area contributed by atoms with Crippen LogP contribution in [0.15, 0.2) is 0 Å². The summed E-state index contributed by atoms with van der Waals surface area (Å²) >= 11 is 0. The Bertz CT molecular complexity index is 1360. The van der Waals surface area contributed by atoms with Crippen molar-refractivity contribution >= 4 is 0 Å². The summed E-state index contributed by atoms with van der Waals surface area (Å²) in [6.45, 7) is 36.4. The van der Waals surface area contributed by atoms with Crippen LogP contribution in [-0.2, 0) is 9.47 Å². The Labute approximate surface area is 498 Å². The summed E-state index contributed by atoms with van der Waals surface area (Å²) in [5, 5.41) is 24.0. The van der Waals surface area contributed by atoms with Crippen LogP contribution in [0.1, 0.15) is 167 Å². The average Bonchev–Trinajstić information content (AvgIpc) is 3.86. The number of morpholine rings is 2. The van der Waals surface area contributed by atoms with Crippen LogP contribution in [0.5, 0.6) is 0 Å². The van der Waals surface area contributed by atoms with Crippen LogP contribution in [0.4, 0.5) is 0 Å². The molecule has 4 unspecified atom stereocenters. The van der Waals surface area contributed by atoms with Gasteiger partial charge < -0.3 is 71.2 Å². The summed E-state index contributed by atoms with van der Waals surface area (Å²) in [7, 11) is 4.35. The van der Waals surface area contributed by atoms with Crippen LogP contribution >= 0.6 is 0 Å². The summed E-state index contributed by atoms with van der Waals surface area (Å²) in [6, 6.07) is 6.11. The van der Waals surface area contributed by atoms with Gasteiger partial charge in [0.15, 0.2) is 0 Å². The second-order valence-corrected chi connectivity index (χ2v) is 26.5. The van der Waals surface area contributed by atoms with E-state index in [0.717, 1.165) is 94.9 Å². The number of hydrogen-bond donors (Lipinski definition) is 7. The van der Waals surface area contributed by atoms with E-state index >= 15 is 0 Å². The van der Waals surface area contributed by atoms with Crippen LogP contribution in [0.3, 0.4) is 0 Å². The molecule has 81 heavy (non-hydrogen) atoms. The molecule has 0 aromatic heterocycles. The van der Waals surface area contributed by atoms with Crippen molar-refractivity contribution in [2.75, 3.05) is 211 Å². The van der Waals surface area contributed by atoms with Crippen molar-refractivity contribution in [1.29, 1.82) is 0 Å². The van der Waals surface area contributed by atoms with Crippen molar-refractivity contribution in [1.82, 2.24) is 71.5 Å². The first kappa shape index (κ1) is 67.9. The Morgan fingerprint density at radius 1 is 0.235 bits per heavy atom. The van der Waals surface area contributed by atoms with Crippen molar-refractivity contribution in [2.45, 2.75) is 209 Å². The van der Waals surface area contributed by atoms with Gasteiger partial charge in [-0.15, -0.1) is 0 Å². The molecular formula is C65H132N14O2. The molecule has 4 atom stereocenters. The van der Waals surface area contributed by atoms with E-state index in [-0.39, 0.29) is 0 Å². The maximum absolute atomic E-state index is 5.36. The molecule has 13 fully saturated rings. The lowest BCUT2D eigenvalue weighted by Crippen LogP contribution is -2.47. The zero-order valence-electron chi connectivity index (χ0n) is 53.1. The predicted molar refractivity (Wildman–Crippen MR) is 341 cm³/mol. The molecule has 16 heteroatoms. The SMILES string of the molecule is C1CC(N2CCOCC2)CCN1.C1CCN(C2CCNCC2)C1.C1CCN(C2CCNCC2)CC1.C1CNCCC(N2CCC2)C1.C1CNCCC(N2CCCC2)C1.C1CNCCC(N2CCOCC2)C1.CN(C)C1CCCNCC1. The zero-order valence-corrected chi connectivity index (χ0v) is 53.1. The number of likely N-dealkylation sites (tertiary alicyclic amines) is 4. The monoisotopic (exact) mass is 1140 g/mol. The molecule has 0 amide bonds. The standard InChI is InChI=1S/C10H20N2O.2C10H20N2.C9H18N2O.2C9H18N2.C8H18N2/c1-2-10(3-5-11-4-1)12-6-8-13-9-7-12;1-2-9-12(8-1)10-4-3-6-11-7-5-10;1-2-8-12(9-3-1)10-4-6-11-7-5-10;1-3-10-4-2-9(1)11-5-7-12-8-6-11;1-3-9(4-6-10-5-1)11-7-2-8-11;1-2-8-11(7-1)9-3-5-10-6-4-9;1-10(2)8-4-3-6-9-7-5-8/h10-11H,1-9H2;2*10-11H,1-9H2;9-10H,1-8H2;2*9-10H,1-8H2;8-9H,3-7H2,1-2H3. The van der Waals surface area contributed by atoms with E-state index in [1.165, 1.54) is 311 Å². The topological polar surface area (TPSA) is 125 Å². The molecule has 13 heterocycles. The maximum atomic E-state index is 5.36. The fraction of sp³-hybridized carbons (Fsp3) is 1.00. The van der Waals surface area contributed by atoms with Crippen LogP contribution in [0.2, 0.25) is 0 Å². The van der Waals surface area contributed by atoms with E-state index in [4.69, 9.17) is 9.47 Å². The number of piperidine rings is 4. The molecule has 0 radical (unpaired) electrons. The summed E-state index contributed by atoms with van der Waals surface area (Å²) in [4.78, 5) is 18.3. The molecule has 0 aromatic rings. The quantitative estimate of drug-likeness (QED) is 0.178. The summed E-state index contributed by atoms with van der Waals surface area (Å²) in [5.74, 6) is 0. The lowest BCUT2D eigenvalue weighted by atomic mass is 10.0. The molecule has 13 aliphatic heterocycles. The van der Waals surface area contributed by atoms with E-state index in [9.17, 15) is 0 Å². The minimum absolute atomic E-state index is 0.815. The fourth-order valence-electron chi connectivity index (χ4n) is 15.2. The molecule has 0 spiro atoms. The van der Waals surface area contributed by atoms with E-state index in [2.05, 4.69) is 85.6 Å². The fourth-order valence-corrected chi connectivity index (χ4v) is 15.2. The summed E-state index contributed by atoms with van der Waals surface area (Å²) < 4.78 is 10.7. The van der Waals surface area contributed by atoms with Gasteiger partial charge in [-0.25, -0.2) is 0 Å². The second-order valence-electron chi connectivity index (χ2n) is 26.5. The average molecular weight is 1140 g/mol. The highest BCUT2D eigenvalue weighted by Crippen LogP contribution is 2.22. The number of rotatable bonds is 7. The molecule has 13 aliphatic rings. The first-order valence-corrected chi connectivity index (χ1v) is 35.3. The van der Waals surface area contributed by atoms with Crippen molar-refractivity contribution < 1.29 is 9.47 Å². The van der Waals surface area contributed by atoms with Gasteiger partial charge in [-0.3, -0.25) is 9.80 Å². The Hall–Kier alpha value is -0.640. The van der Waals surface area contributed by atoms with E-state index in [0.29, 0.717) is 0 Å². The molecule has 13 saturated heterocycles.